The van der Waals surface area contributed by atoms with Crippen LogP contribution in [0.2, 0.25) is 0 Å². The SMILES string of the molecule is CC(C)(C)C1CCC(N[C@@H]2C=C[C@H](CO)C2)CC1. The fourth-order valence-electron chi connectivity index (χ4n) is 3.46. The van der Waals surface area contributed by atoms with Crippen molar-refractivity contribution in [2.45, 2.75) is 65.0 Å². The molecule has 2 atom stereocenters. The first-order valence-electron chi connectivity index (χ1n) is 7.54. The lowest BCUT2D eigenvalue weighted by Gasteiger charge is -2.38. The van der Waals surface area contributed by atoms with E-state index in [1.165, 1.54) is 25.7 Å². The predicted molar refractivity (Wildman–Crippen MR) is 76.5 cm³/mol. The quantitative estimate of drug-likeness (QED) is 0.755. The van der Waals surface area contributed by atoms with Gasteiger partial charge in [0, 0.05) is 24.6 Å². The molecule has 0 radical (unpaired) electrons. The van der Waals surface area contributed by atoms with E-state index in [9.17, 15) is 0 Å². The highest BCUT2D eigenvalue weighted by Gasteiger charge is 2.30. The van der Waals surface area contributed by atoms with Gasteiger partial charge in [-0.25, -0.2) is 0 Å². The monoisotopic (exact) mass is 251 g/mol. The zero-order valence-electron chi connectivity index (χ0n) is 12.2. The molecular formula is C16H29NO. The molecule has 18 heavy (non-hydrogen) atoms. The zero-order valence-corrected chi connectivity index (χ0v) is 12.2. The van der Waals surface area contributed by atoms with Gasteiger partial charge in [0.25, 0.3) is 0 Å². The minimum atomic E-state index is 0.297. The smallest absolute Gasteiger partial charge is 0.0494 e. The van der Waals surface area contributed by atoms with Crippen LogP contribution in [0.1, 0.15) is 52.9 Å². The van der Waals surface area contributed by atoms with Crippen molar-refractivity contribution >= 4 is 0 Å². The van der Waals surface area contributed by atoms with Crippen LogP contribution < -0.4 is 5.32 Å². The fourth-order valence-corrected chi connectivity index (χ4v) is 3.46. The maximum Gasteiger partial charge on any atom is 0.0494 e. The Morgan fingerprint density at radius 3 is 2.28 bits per heavy atom. The van der Waals surface area contributed by atoms with Gasteiger partial charge in [0.1, 0.15) is 0 Å². The van der Waals surface area contributed by atoms with Gasteiger partial charge in [0.2, 0.25) is 0 Å². The Morgan fingerprint density at radius 2 is 1.78 bits per heavy atom. The van der Waals surface area contributed by atoms with Crippen molar-refractivity contribution in [3.8, 4) is 0 Å². The second kappa shape index (κ2) is 5.75. The molecule has 2 aliphatic rings. The summed E-state index contributed by atoms with van der Waals surface area (Å²) in [7, 11) is 0. The summed E-state index contributed by atoms with van der Waals surface area (Å²) in [5.41, 5.74) is 0.472. The number of hydrogen-bond donors (Lipinski definition) is 2. The lowest BCUT2D eigenvalue weighted by atomic mass is 9.71. The first-order valence-corrected chi connectivity index (χ1v) is 7.54. The van der Waals surface area contributed by atoms with Crippen LogP contribution in [0, 0.1) is 17.3 Å². The molecule has 0 amide bonds. The second-order valence-corrected chi connectivity index (χ2v) is 7.25. The van der Waals surface area contributed by atoms with E-state index in [1.54, 1.807) is 0 Å². The van der Waals surface area contributed by atoms with E-state index in [0.717, 1.165) is 12.3 Å². The van der Waals surface area contributed by atoms with Crippen molar-refractivity contribution < 1.29 is 5.11 Å². The van der Waals surface area contributed by atoms with Crippen LogP contribution in [-0.4, -0.2) is 23.8 Å². The highest BCUT2D eigenvalue weighted by molar-refractivity contribution is 5.06. The Kier molecular flexibility index (Phi) is 4.50. The summed E-state index contributed by atoms with van der Waals surface area (Å²) in [5.74, 6) is 1.27. The first kappa shape index (κ1) is 14.1. The predicted octanol–water partition coefficient (Wildman–Crippen LogP) is 3.12. The molecule has 0 aliphatic heterocycles. The lowest BCUT2D eigenvalue weighted by molar-refractivity contribution is 0.156. The Morgan fingerprint density at radius 1 is 1.11 bits per heavy atom. The molecule has 1 saturated carbocycles. The number of rotatable bonds is 3. The Bertz CT molecular complexity index is 284. The molecule has 0 bridgehead atoms. The van der Waals surface area contributed by atoms with Gasteiger partial charge < -0.3 is 10.4 Å². The largest absolute Gasteiger partial charge is 0.396 e. The molecule has 0 aromatic carbocycles. The number of nitrogens with one attached hydrogen (secondary N) is 1. The standard InChI is InChI=1S/C16H29NO/c1-16(2,3)13-5-8-14(9-6-13)17-15-7-4-12(10-15)11-18/h4,7,12-15,17-18H,5-6,8-11H2,1-3H3/t12-,13?,14?,15+/m0/s1. The molecular weight excluding hydrogens is 222 g/mol. The molecule has 0 unspecified atom stereocenters. The Balaban J connectivity index is 1.73. The fraction of sp³-hybridized carbons (Fsp3) is 0.875. The lowest BCUT2D eigenvalue weighted by Crippen LogP contribution is -2.40. The summed E-state index contributed by atoms with van der Waals surface area (Å²) < 4.78 is 0. The summed E-state index contributed by atoms with van der Waals surface area (Å²) in [6, 6.07) is 1.19. The third-order valence-electron chi connectivity index (χ3n) is 4.81. The maximum absolute atomic E-state index is 9.13. The maximum atomic E-state index is 9.13. The van der Waals surface area contributed by atoms with Gasteiger partial charge in [-0.2, -0.15) is 0 Å². The third kappa shape index (κ3) is 3.58. The van der Waals surface area contributed by atoms with Gasteiger partial charge in [0.05, 0.1) is 0 Å². The van der Waals surface area contributed by atoms with Crippen molar-refractivity contribution in [3.05, 3.63) is 12.2 Å². The van der Waals surface area contributed by atoms with Crippen LogP contribution in [0.15, 0.2) is 12.2 Å². The number of hydrogen-bond acceptors (Lipinski definition) is 2. The first-order chi connectivity index (χ1) is 8.49. The molecule has 2 N–H and O–H groups in total. The Labute approximate surface area is 112 Å². The summed E-state index contributed by atoms with van der Waals surface area (Å²) in [4.78, 5) is 0. The van der Waals surface area contributed by atoms with Crippen LogP contribution >= 0.6 is 0 Å². The van der Waals surface area contributed by atoms with E-state index >= 15 is 0 Å². The summed E-state index contributed by atoms with van der Waals surface area (Å²) in [6.45, 7) is 7.41. The van der Waals surface area contributed by atoms with Crippen LogP contribution in [0.5, 0.6) is 0 Å². The van der Waals surface area contributed by atoms with Gasteiger partial charge in [-0.1, -0.05) is 32.9 Å². The Hall–Kier alpha value is -0.340. The van der Waals surface area contributed by atoms with E-state index in [2.05, 4.69) is 38.2 Å². The van der Waals surface area contributed by atoms with Gasteiger partial charge in [-0.3, -0.25) is 0 Å². The van der Waals surface area contributed by atoms with Crippen molar-refractivity contribution in [2.24, 2.45) is 17.3 Å². The second-order valence-electron chi connectivity index (χ2n) is 7.25. The van der Waals surface area contributed by atoms with Crippen LogP contribution in [0.4, 0.5) is 0 Å². The van der Waals surface area contributed by atoms with Crippen molar-refractivity contribution in [1.29, 1.82) is 0 Å². The average Bonchev–Trinajstić information content (AvgIpc) is 2.76. The zero-order chi connectivity index (χ0) is 13.2. The van der Waals surface area contributed by atoms with Crippen molar-refractivity contribution in [2.75, 3.05) is 6.61 Å². The molecule has 0 heterocycles. The summed E-state index contributed by atoms with van der Waals surface area (Å²) in [5, 5.41) is 12.9. The third-order valence-corrected chi connectivity index (χ3v) is 4.81. The van der Waals surface area contributed by atoms with Crippen molar-refractivity contribution in [3.63, 3.8) is 0 Å². The van der Waals surface area contributed by atoms with Gasteiger partial charge >= 0.3 is 0 Å². The van der Waals surface area contributed by atoms with E-state index in [4.69, 9.17) is 5.11 Å². The summed E-state index contributed by atoms with van der Waals surface area (Å²) >= 11 is 0. The summed E-state index contributed by atoms with van der Waals surface area (Å²) in [6.07, 6.45) is 10.8. The molecule has 2 heteroatoms. The highest BCUT2D eigenvalue weighted by Crippen LogP contribution is 2.38. The molecule has 0 aromatic rings. The van der Waals surface area contributed by atoms with E-state index in [1.807, 2.05) is 0 Å². The number of aliphatic hydroxyl groups excluding tert-OH is 1. The van der Waals surface area contributed by atoms with E-state index in [-0.39, 0.29) is 0 Å². The molecule has 0 aromatic heterocycles. The van der Waals surface area contributed by atoms with Gasteiger partial charge in [-0.05, 0) is 43.4 Å². The van der Waals surface area contributed by atoms with Crippen LogP contribution in [0.3, 0.4) is 0 Å². The van der Waals surface area contributed by atoms with Crippen molar-refractivity contribution in [1.82, 2.24) is 5.32 Å². The normalized spacial score (nSPS) is 37.1. The van der Waals surface area contributed by atoms with Gasteiger partial charge in [-0.15, -0.1) is 0 Å². The topological polar surface area (TPSA) is 32.3 Å². The molecule has 104 valence electrons. The highest BCUT2D eigenvalue weighted by atomic mass is 16.3. The minimum Gasteiger partial charge on any atom is -0.396 e. The van der Waals surface area contributed by atoms with Crippen LogP contribution in [-0.2, 0) is 0 Å². The molecule has 2 rings (SSSR count). The minimum absolute atomic E-state index is 0.297. The van der Waals surface area contributed by atoms with E-state index in [0.29, 0.717) is 30.0 Å². The van der Waals surface area contributed by atoms with Gasteiger partial charge in [0.15, 0.2) is 0 Å². The average molecular weight is 251 g/mol. The molecule has 1 fully saturated rings. The molecule has 0 spiro atoms. The number of aliphatic hydroxyl groups is 1. The van der Waals surface area contributed by atoms with Crippen LogP contribution in [0.25, 0.3) is 0 Å². The molecule has 2 nitrogen and oxygen atoms in total. The molecule has 0 saturated heterocycles. The van der Waals surface area contributed by atoms with E-state index < -0.39 is 0 Å². The molecule has 2 aliphatic carbocycles.